The fourth-order valence-electron chi connectivity index (χ4n) is 2.37. The summed E-state index contributed by atoms with van der Waals surface area (Å²) in [6.45, 7) is 1.01. The van der Waals surface area contributed by atoms with Crippen LogP contribution in [0.4, 0.5) is 0 Å². The summed E-state index contributed by atoms with van der Waals surface area (Å²) in [7, 11) is 0. The van der Waals surface area contributed by atoms with Crippen molar-refractivity contribution in [3.05, 3.63) is 46.2 Å². The molecular weight excluding hydrogens is 200 g/mol. The second kappa shape index (κ2) is 3.76. The monoisotopic (exact) mass is 214 g/mol. The molecular formula is C13H14N2O. The Morgan fingerprint density at radius 1 is 1.25 bits per heavy atom. The van der Waals surface area contributed by atoms with Crippen LogP contribution in [0.1, 0.15) is 24.4 Å². The third kappa shape index (κ3) is 1.53. The van der Waals surface area contributed by atoms with Gasteiger partial charge in [-0.2, -0.15) is 0 Å². The molecule has 1 aliphatic heterocycles. The van der Waals surface area contributed by atoms with Crippen molar-refractivity contribution in [3.8, 4) is 0 Å². The van der Waals surface area contributed by atoms with E-state index < -0.39 is 0 Å². The molecule has 0 saturated carbocycles. The van der Waals surface area contributed by atoms with E-state index in [1.54, 1.807) is 0 Å². The lowest BCUT2D eigenvalue weighted by molar-refractivity contribution is 0.641. The van der Waals surface area contributed by atoms with Crippen molar-refractivity contribution in [2.24, 2.45) is 0 Å². The normalized spacial score (nSPS) is 20.4. The number of hydrogen-bond acceptors (Lipinski definition) is 2. The molecule has 0 amide bonds. The molecule has 1 saturated heterocycles. The molecule has 2 heterocycles. The average Bonchev–Trinajstić information content (AvgIpc) is 2.81. The minimum Gasteiger partial charge on any atom is -0.322 e. The molecule has 0 aliphatic carbocycles. The zero-order valence-electron chi connectivity index (χ0n) is 8.99. The van der Waals surface area contributed by atoms with E-state index in [-0.39, 0.29) is 11.6 Å². The molecule has 1 atom stereocenters. The Labute approximate surface area is 93.5 Å². The average molecular weight is 214 g/mol. The highest BCUT2D eigenvalue weighted by Gasteiger charge is 2.19. The van der Waals surface area contributed by atoms with Crippen molar-refractivity contribution in [2.45, 2.75) is 18.9 Å². The van der Waals surface area contributed by atoms with E-state index in [4.69, 9.17) is 0 Å². The van der Waals surface area contributed by atoms with Gasteiger partial charge in [-0.1, -0.05) is 18.2 Å². The molecule has 3 rings (SSSR count). The van der Waals surface area contributed by atoms with Gasteiger partial charge in [0.2, 0.25) is 0 Å². The Balaban J connectivity index is 2.17. The van der Waals surface area contributed by atoms with Crippen LogP contribution in [0, 0.1) is 0 Å². The summed E-state index contributed by atoms with van der Waals surface area (Å²) in [6.07, 6.45) is 2.21. The second-order valence-electron chi connectivity index (χ2n) is 4.29. The lowest BCUT2D eigenvalue weighted by atomic mass is 10.0. The van der Waals surface area contributed by atoms with E-state index in [1.165, 1.54) is 0 Å². The number of pyridine rings is 1. The van der Waals surface area contributed by atoms with E-state index in [2.05, 4.69) is 10.3 Å². The summed E-state index contributed by atoms with van der Waals surface area (Å²) in [4.78, 5) is 14.9. The summed E-state index contributed by atoms with van der Waals surface area (Å²) in [5, 5.41) is 4.46. The highest BCUT2D eigenvalue weighted by Crippen LogP contribution is 2.22. The first-order chi connectivity index (χ1) is 7.84. The minimum absolute atomic E-state index is 0.0399. The first-order valence-electron chi connectivity index (χ1n) is 5.70. The number of nitrogens with one attached hydrogen (secondary N) is 2. The van der Waals surface area contributed by atoms with Crippen LogP contribution in [0.2, 0.25) is 0 Å². The molecule has 3 nitrogen and oxygen atoms in total. The Morgan fingerprint density at radius 3 is 2.94 bits per heavy atom. The van der Waals surface area contributed by atoms with E-state index in [0.717, 1.165) is 35.9 Å². The van der Waals surface area contributed by atoms with Crippen LogP contribution in [0.5, 0.6) is 0 Å². The molecule has 3 heteroatoms. The first-order valence-corrected chi connectivity index (χ1v) is 5.70. The van der Waals surface area contributed by atoms with Gasteiger partial charge >= 0.3 is 0 Å². The lowest BCUT2D eigenvalue weighted by Gasteiger charge is -2.10. The van der Waals surface area contributed by atoms with E-state index >= 15 is 0 Å². The van der Waals surface area contributed by atoms with Crippen LogP contribution >= 0.6 is 0 Å². The SMILES string of the molecule is O=c1[nH]c2ccccc2cc1C1CCCN1. The summed E-state index contributed by atoms with van der Waals surface area (Å²) >= 11 is 0. The molecule has 1 aromatic carbocycles. The van der Waals surface area contributed by atoms with Gasteiger partial charge in [-0.05, 0) is 36.9 Å². The maximum Gasteiger partial charge on any atom is 0.253 e. The molecule has 0 bridgehead atoms. The largest absolute Gasteiger partial charge is 0.322 e. The molecule has 2 N–H and O–H groups in total. The number of para-hydroxylation sites is 1. The topological polar surface area (TPSA) is 44.9 Å². The van der Waals surface area contributed by atoms with Crippen LogP contribution < -0.4 is 10.9 Å². The van der Waals surface area contributed by atoms with Crippen molar-refractivity contribution >= 4 is 10.9 Å². The van der Waals surface area contributed by atoms with Gasteiger partial charge in [0.05, 0.1) is 0 Å². The highest BCUT2D eigenvalue weighted by molar-refractivity contribution is 5.78. The molecule has 1 aliphatic rings. The summed E-state index contributed by atoms with van der Waals surface area (Å²) in [5.41, 5.74) is 1.82. The number of H-pyrrole nitrogens is 1. The summed E-state index contributed by atoms with van der Waals surface area (Å²) in [6, 6.07) is 10.1. The number of hydrogen-bond donors (Lipinski definition) is 2. The Bertz CT molecular complexity index is 567. The van der Waals surface area contributed by atoms with Crippen LogP contribution in [0.15, 0.2) is 35.1 Å². The summed E-state index contributed by atoms with van der Waals surface area (Å²) < 4.78 is 0. The van der Waals surface area contributed by atoms with Gasteiger partial charge in [-0.25, -0.2) is 0 Å². The third-order valence-electron chi connectivity index (χ3n) is 3.22. The fourth-order valence-corrected chi connectivity index (χ4v) is 2.37. The zero-order chi connectivity index (χ0) is 11.0. The number of aromatic amines is 1. The quantitative estimate of drug-likeness (QED) is 0.762. The molecule has 2 aromatic rings. The van der Waals surface area contributed by atoms with Gasteiger partial charge in [-0.15, -0.1) is 0 Å². The molecule has 1 aromatic heterocycles. The second-order valence-corrected chi connectivity index (χ2v) is 4.29. The Kier molecular flexibility index (Phi) is 2.26. The minimum atomic E-state index is 0.0399. The predicted octanol–water partition coefficient (Wildman–Crippen LogP) is 1.95. The van der Waals surface area contributed by atoms with Crippen molar-refractivity contribution in [1.82, 2.24) is 10.3 Å². The Hall–Kier alpha value is -1.61. The number of fused-ring (bicyclic) bond motifs is 1. The van der Waals surface area contributed by atoms with E-state index in [0.29, 0.717) is 0 Å². The van der Waals surface area contributed by atoms with E-state index in [1.807, 2.05) is 30.3 Å². The van der Waals surface area contributed by atoms with Crippen molar-refractivity contribution in [2.75, 3.05) is 6.54 Å². The predicted molar refractivity (Wildman–Crippen MR) is 64.5 cm³/mol. The zero-order valence-corrected chi connectivity index (χ0v) is 8.99. The van der Waals surface area contributed by atoms with Crippen molar-refractivity contribution in [1.29, 1.82) is 0 Å². The fraction of sp³-hybridized carbons (Fsp3) is 0.308. The number of aromatic nitrogens is 1. The smallest absolute Gasteiger partial charge is 0.253 e. The number of benzene rings is 1. The van der Waals surface area contributed by atoms with Crippen molar-refractivity contribution < 1.29 is 0 Å². The van der Waals surface area contributed by atoms with Gasteiger partial charge in [0.15, 0.2) is 0 Å². The van der Waals surface area contributed by atoms with Crippen LogP contribution in [0.25, 0.3) is 10.9 Å². The maximum atomic E-state index is 11.9. The van der Waals surface area contributed by atoms with E-state index in [9.17, 15) is 4.79 Å². The molecule has 1 fully saturated rings. The van der Waals surface area contributed by atoms with Crippen LogP contribution in [-0.4, -0.2) is 11.5 Å². The van der Waals surface area contributed by atoms with Gasteiger partial charge in [0.1, 0.15) is 0 Å². The lowest BCUT2D eigenvalue weighted by Crippen LogP contribution is -2.22. The molecule has 1 unspecified atom stereocenters. The maximum absolute atomic E-state index is 11.9. The Morgan fingerprint density at radius 2 is 2.12 bits per heavy atom. The van der Waals surface area contributed by atoms with Gasteiger partial charge in [0, 0.05) is 17.1 Å². The molecule has 82 valence electrons. The highest BCUT2D eigenvalue weighted by atomic mass is 16.1. The first kappa shape index (κ1) is 9.60. The molecule has 0 radical (unpaired) electrons. The standard InChI is InChI=1S/C13H14N2O/c16-13-10(12-6-3-7-14-12)8-9-4-1-2-5-11(9)15-13/h1-2,4-5,8,12,14H,3,6-7H2,(H,15,16). The van der Waals surface area contributed by atoms with Crippen LogP contribution in [0.3, 0.4) is 0 Å². The van der Waals surface area contributed by atoms with Gasteiger partial charge < -0.3 is 10.3 Å². The number of rotatable bonds is 1. The van der Waals surface area contributed by atoms with Gasteiger partial charge in [0.25, 0.3) is 5.56 Å². The van der Waals surface area contributed by atoms with Crippen molar-refractivity contribution in [3.63, 3.8) is 0 Å². The molecule has 16 heavy (non-hydrogen) atoms. The third-order valence-corrected chi connectivity index (χ3v) is 3.22. The molecule has 0 spiro atoms. The summed E-state index contributed by atoms with van der Waals surface area (Å²) in [5.74, 6) is 0. The van der Waals surface area contributed by atoms with Gasteiger partial charge in [-0.3, -0.25) is 4.79 Å². The van der Waals surface area contributed by atoms with Crippen LogP contribution in [-0.2, 0) is 0 Å².